The van der Waals surface area contributed by atoms with Crippen molar-refractivity contribution in [2.75, 3.05) is 5.75 Å². The van der Waals surface area contributed by atoms with Crippen molar-refractivity contribution in [1.82, 2.24) is 0 Å². The van der Waals surface area contributed by atoms with Crippen LogP contribution in [0.1, 0.15) is 19.8 Å². The van der Waals surface area contributed by atoms with E-state index in [4.69, 9.17) is 10.5 Å². The molecule has 2 nitrogen and oxygen atoms in total. The fourth-order valence-electron chi connectivity index (χ4n) is 0.480. The van der Waals surface area contributed by atoms with Gasteiger partial charge in [-0.3, -0.25) is 0 Å². The number of rotatable bonds is 6. The van der Waals surface area contributed by atoms with Crippen molar-refractivity contribution in [3.05, 3.63) is 24.1 Å². The second-order valence-electron chi connectivity index (χ2n) is 2.02. The van der Waals surface area contributed by atoms with Crippen LogP contribution in [-0.4, -0.2) is 5.75 Å². The number of nitrogens with two attached hydrogens (primary N) is 1. The maximum absolute atomic E-state index is 5.08. The van der Waals surface area contributed by atoms with E-state index in [1.807, 2.05) is 0 Å². The highest BCUT2D eigenvalue weighted by molar-refractivity contribution is 8.02. The van der Waals surface area contributed by atoms with Gasteiger partial charge in [0, 0.05) is 12.0 Å². The summed E-state index contributed by atoms with van der Waals surface area (Å²) in [5.41, 5.74) is 5.08. The second-order valence-corrected chi connectivity index (χ2v) is 3.17. The van der Waals surface area contributed by atoms with E-state index in [0.29, 0.717) is 5.09 Å². The highest BCUT2D eigenvalue weighted by Crippen LogP contribution is 2.16. The lowest BCUT2D eigenvalue weighted by Gasteiger charge is -2.01. The predicted molar refractivity (Wildman–Crippen MR) is 50.9 cm³/mol. The Labute approximate surface area is 72.5 Å². The minimum Gasteiger partial charge on any atom is -0.457 e. The first-order valence-corrected chi connectivity index (χ1v) is 4.65. The van der Waals surface area contributed by atoms with E-state index in [9.17, 15) is 0 Å². The molecule has 0 aromatic rings. The highest BCUT2D eigenvalue weighted by atomic mass is 32.2. The van der Waals surface area contributed by atoms with E-state index in [1.165, 1.54) is 25.3 Å². The van der Waals surface area contributed by atoms with Crippen LogP contribution in [0.2, 0.25) is 0 Å². The van der Waals surface area contributed by atoms with Gasteiger partial charge < -0.3 is 10.5 Å². The Bertz CT molecular complexity index is 134. The third-order valence-corrected chi connectivity index (χ3v) is 1.95. The predicted octanol–water partition coefficient (Wildman–Crippen LogP) is 2.44. The molecule has 0 aliphatic heterocycles. The highest BCUT2D eigenvalue weighted by Gasteiger charge is 1.91. The zero-order valence-electron chi connectivity index (χ0n) is 6.88. The van der Waals surface area contributed by atoms with Crippen LogP contribution in [0.5, 0.6) is 0 Å². The molecule has 0 amide bonds. The minimum absolute atomic E-state index is 0.708. The van der Waals surface area contributed by atoms with Crippen molar-refractivity contribution in [3.63, 3.8) is 0 Å². The van der Waals surface area contributed by atoms with Crippen LogP contribution < -0.4 is 5.73 Å². The molecule has 3 heteroatoms. The van der Waals surface area contributed by atoms with E-state index in [1.54, 1.807) is 11.8 Å². The van der Waals surface area contributed by atoms with E-state index in [-0.39, 0.29) is 0 Å². The van der Waals surface area contributed by atoms with Crippen molar-refractivity contribution in [2.45, 2.75) is 19.8 Å². The molecule has 0 rings (SSSR count). The molecule has 0 atom stereocenters. The number of ether oxygens (including phenoxy) is 1. The van der Waals surface area contributed by atoms with Gasteiger partial charge in [0.25, 0.3) is 0 Å². The van der Waals surface area contributed by atoms with Crippen molar-refractivity contribution in [3.8, 4) is 0 Å². The SMILES string of the molecule is C=C(O/C=C\N)SCCCC. The molecule has 0 aliphatic carbocycles. The molecule has 0 heterocycles. The van der Waals surface area contributed by atoms with Crippen LogP contribution in [-0.2, 0) is 4.74 Å². The Morgan fingerprint density at radius 1 is 1.73 bits per heavy atom. The van der Waals surface area contributed by atoms with Crippen molar-refractivity contribution >= 4 is 11.8 Å². The van der Waals surface area contributed by atoms with Gasteiger partial charge in [-0.15, -0.1) is 0 Å². The number of hydrogen-bond donors (Lipinski definition) is 1. The van der Waals surface area contributed by atoms with Crippen molar-refractivity contribution < 1.29 is 4.74 Å². The first kappa shape index (κ1) is 10.4. The van der Waals surface area contributed by atoms with Gasteiger partial charge in [0.05, 0.1) is 0 Å². The van der Waals surface area contributed by atoms with Crippen LogP contribution in [0, 0.1) is 0 Å². The molecule has 0 aromatic carbocycles. The molecule has 0 fully saturated rings. The Morgan fingerprint density at radius 2 is 2.45 bits per heavy atom. The molecule has 0 radical (unpaired) electrons. The smallest absolute Gasteiger partial charge is 0.152 e. The molecule has 64 valence electrons. The van der Waals surface area contributed by atoms with Gasteiger partial charge >= 0.3 is 0 Å². The number of unbranched alkanes of at least 4 members (excludes halogenated alkanes) is 1. The molecular weight excluding hydrogens is 158 g/mol. The lowest BCUT2D eigenvalue weighted by Crippen LogP contribution is -1.83. The maximum atomic E-state index is 5.08. The third-order valence-electron chi connectivity index (χ3n) is 1.04. The summed E-state index contributed by atoms with van der Waals surface area (Å²) < 4.78 is 5.00. The quantitative estimate of drug-likeness (QED) is 0.495. The van der Waals surface area contributed by atoms with Gasteiger partial charge in [0.2, 0.25) is 0 Å². The molecule has 0 unspecified atom stereocenters. The summed E-state index contributed by atoms with van der Waals surface area (Å²) in [6.45, 7) is 5.85. The average molecular weight is 173 g/mol. The second kappa shape index (κ2) is 7.54. The molecule has 0 bridgehead atoms. The van der Waals surface area contributed by atoms with Crippen molar-refractivity contribution in [1.29, 1.82) is 0 Å². The normalized spacial score (nSPS) is 10.3. The molecule has 0 aromatic heterocycles. The fourth-order valence-corrected chi connectivity index (χ4v) is 1.26. The Kier molecular flexibility index (Phi) is 7.15. The summed E-state index contributed by atoms with van der Waals surface area (Å²) in [6.07, 6.45) is 5.18. The van der Waals surface area contributed by atoms with Gasteiger partial charge in [-0.05, 0) is 13.0 Å². The monoisotopic (exact) mass is 173 g/mol. The first-order valence-electron chi connectivity index (χ1n) is 3.66. The molecule has 0 saturated heterocycles. The van der Waals surface area contributed by atoms with Crippen LogP contribution in [0.25, 0.3) is 0 Å². The van der Waals surface area contributed by atoms with E-state index < -0.39 is 0 Å². The number of hydrogen-bond acceptors (Lipinski definition) is 3. The Hall–Kier alpha value is -0.570. The van der Waals surface area contributed by atoms with Gasteiger partial charge in [0.1, 0.15) is 6.26 Å². The van der Waals surface area contributed by atoms with Gasteiger partial charge in [0.15, 0.2) is 5.09 Å². The van der Waals surface area contributed by atoms with E-state index in [2.05, 4.69) is 13.5 Å². The summed E-state index contributed by atoms with van der Waals surface area (Å²) in [5, 5.41) is 0.708. The first-order chi connectivity index (χ1) is 5.31. The van der Waals surface area contributed by atoms with Gasteiger partial charge in [-0.2, -0.15) is 0 Å². The van der Waals surface area contributed by atoms with Crippen LogP contribution in [0.15, 0.2) is 24.1 Å². The largest absolute Gasteiger partial charge is 0.457 e. The molecular formula is C8H15NOS. The molecule has 0 aliphatic rings. The maximum Gasteiger partial charge on any atom is 0.152 e. The Balaban J connectivity index is 3.23. The van der Waals surface area contributed by atoms with Gasteiger partial charge in [-0.1, -0.05) is 25.1 Å². The topological polar surface area (TPSA) is 35.2 Å². The zero-order valence-corrected chi connectivity index (χ0v) is 7.69. The lowest BCUT2D eigenvalue weighted by molar-refractivity contribution is 0.389. The summed E-state index contributed by atoms with van der Waals surface area (Å²) >= 11 is 1.62. The van der Waals surface area contributed by atoms with E-state index >= 15 is 0 Å². The van der Waals surface area contributed by atoms with Crippen LogP contribution in [0.3, 0.4) is 0 Å². The van der Waals surface area contributed by atoms with Crippen molar-refractivity contribution in [2.24, 2.45) is 5.73 Å². The lowest BCUT2D eigenvalue weighted by atomic mass is 10.4. The molecule has 2 N–H and O–H groups in total. The average Bonchev–Trinajstić information content (AvgIpc) is 2.01. The molecule has 0 spiro atoms. The summed E-state index contributed by atoms with van der Waals surface area (Å²) in [5.74, 6) is 1.06. The van der Waals surface area contributed by atoms with Crippen LogP contribution in [0.4, 0.5) is 0 Å². The minimum atomic E-state index is 0.708. The van der Waals surface area contributed by atoms with E-state index in [0.717, 1.165) is 5.75 Å². The summed E-state index contributed by atoms with van der Waals surface area (Å²) in [7, 11) is 0. The zero-order chi connectivity index (χ0) is 8.53. The standard InChI is InChI=1S/C8H15NOS/c1-3-4-7-11-8(2)10-6-5-9/h5-6H,2-4,7,9H2,1H3/b6-5-. The molecule has 0 saturated carbocycles. The summed E-state index contributed by atoms with van der Waals surface area (Å²) in [6, 6.07) is 0. The number of thioether (sulfide) groups is 1. The molecule has 11 heavy (non-hydrogen) atoms. The third kappa shape index (κ3) is 7.33. The Morgan fingerprint density at radius 3 is 3.00 bits per heavy atom. The van der Waals surface area contributed by atoms with Crippen LogP contribution >= 0.6 is 11.8 Å². The summed E-state index contributed by atoms with van der Waals surface area (Å²) in [4.78, 5) is 0. The fraction of sp³-hybridized carbons (Fsp3) is 0.500. The van der Waals surface area contributed by atoms with Gasteiger partial charge in [-0.25, -0.2) is 0 Å².